The van der Waals surface area contributed by atoms with E-state index in [0.29, 0.717) is 89.2 Å². The molecule has 2 aromatic heterocycles. The van der Waals surface area contributed by atoms with Crippen molar-refractivity contribution in [2.45, 2.75) is 57.4 Å². The van der Waals surface area contributed by atoms with E-state index < -0.39 is 10.1 Å². The summed E-state index contributed by atoms with van der Waals surface area (Å²) in [4.78, 5) is 33.8. The second kappa shape index (κ2) is 27.5. The summed E-state index contributed by atoms with van der Waals surface area (Å²) in [6, 6.07) is 33.5. The smallest absolute Gasteiger partial charge is 0.294 e. The zero-order valence-electron chi connectivity index (χ0n) is 39.6. The Morgan fingerprint density at radius 2 is 1.40 bits per heavy atom. The maximum absolute atomic E-state index is 12.6. The van der Waals surface area contributed by atoms with Crippen molar-refractivity contribution in [1.29, 1.82) is 0 Å². The number of benzene rings is 3. The first-order chi connectivity index (χ1) is 33.9. The van der Waals surface area contributed by atoms with Gasteiger partial charge in [0.25, 0.3) is 16.0 Å². The highest BCUT2D eigenvalue weighted by Gasteiger charge is 2.30. The highest BCUT2D eigenvalue weighted by atomic mass is 32.2. The summed E-state index contributed by atoms with van der Waals surface area (Å²) in [5.41, 5.74) is 10.6. The van der Waals surface area contributed by atoms with Gasteiger partial charge in [-0.2, -0.15) is 13.5 Å². The number of aromatic nitrogens is 2. The van der Waals surface area contributed by atoms with E-state index in [1.807, 2.05) is 42.5 Å². The zero-order chi connectivity index (χ0) is 49.4. The lowest BCUT2D eigenvalue weighted by Crippen LogP contribution is -2.49. The monoisotopic (exact) mass is 978 g/mol. The van der Waals surface area contributed by atoms with Gasteiger partial charge in [-0.1, -0.05) is 92.7 Å². The molecule has 0 aliphatic carbocycles. The van der Waals surface area contributed by atoms with Crippen LogP contribution in [0.15, 0.2) is 136 Å². The lowest BCUT2D eigenvalue weighted by atomic mass is 9.86. The fraction of sp³-hybridized carbons (Fsp3) is 0.380. The predicted octanol–water partition coefficient (Wildman–Crippen LogP) is 6.93. The first-order valence-electron chi connectivity index (χ1n) is 23.3. The molecular formula is C50H62N10O9S. The number of hydrazone groups is 1. The lowest BCUT2D eigenvalue weighted by Gasteiger charge is -2.25. The van der Waals surface area contributed by atoms with E-state index in [9.17, 15) is 22.6 Å². The molecule has 1 aliphatic heterocycles. The molecule has 70 heavy (non-hydrogen) atoms. The van der Waals surface area contributed by atoms with E-state index in [1.165, 1.54) is 30.5 Å². The standard InChI is InChI=1S/C50H62N10O9S/c1-50(2,23-11-12-28-69-47-34-42(38-15-5-3-6-16-38)33-43(55-47)39-17-7-4-8-18-39)49-57-59-60(58-49)37-46(61)51-24-13-26-66-29-31-68-32-30-67-27-14-25-52-48(62)41-21-22-45(53-35-41)56-54-36-40-19-9-10-20-44(40)70(63,64)65/h3-10,15-22,33-35,59H,11-14,23-32,36-37H2,1-2H3,(H,51,61)(H,52,62)(H,57,58)(H,63,64,65). The van der Waals surface area contributed by atoms with Crippen LogP contribution in [0, 0.1) is 5.41 Å². The third kappa shape index (κ3) is 17.7. The molecule has 5 aromatic rings. The predicted molar refractivity (Wildman–Crippen MR) is 264 cm³/mol. The van der Waals surface area contributed by atoms with Crippen LogP contribution in [0.3, 0.4) is 0 Å². The lowest BCUT2D eigenvalue weighted by molar-refractivity contribution is -0.123. The Bertz CT molecular complexity index is 2530. The fourth-order valence-corrected chi connectivity index (χ4v) is 7.75. The summed E-state index contributed by atoms with van der Waals surface area (Å²) < 4.78 is 55.4. The number of amidine groups is 1. The van der Waals surface area contributed by atoms with E-state index in [-0.39, 0.29) is 41.0 Å². The highest BCUT2D eigenvalue weighted by molar-refractivity contribution is 7.85. The molecule has 372 valence electrons. The Morgan fingerprint density at radius 1 is 0.743 bits per heavy atom. The third-order valence-corrected chi connectivity index (χ3v) is 11.8. The molecule has 1 aliphatic rings. The van der Waals surface area contributed by atoms with Crippen molar-refractivity contribution in [3.63, 3.8) is 0 Å². The maximum atomic E-state index is 12.6. The van der Waals surface area contributed by atoms with Crippen LogP contribution in [0.5, 0.6) is 5.88 Å². The van der Waals surface area contributed by atoms with Gasteiger partial charge in [-0.15, -0.1) is 15.3 Å². The molecule has 20 heteroatoms. The average Bonchev–Trinajstić information content (AvgIpc) is 3.85. The van der Waals surface area contributed by atoms with Crippen molar-refractivity contribution in [3.8, 4) is 28.3 Å². The van der Waals surface area contributed by atoms with Crippen molar-refractivity contribution >= 4 is 33.6 Å². The number of hydrazine groups is 2. The molecule has 19 nitrogen and oxygen atoms in total. The number of hydrogen-bond acceptors (Lipinski definition) is 16. The molecule has 6 rings (SSSR count). The van der Waals surface area contributed by atoms with Crippen LogP contribution in [-0.4, -0.2) is 112 Å². The summed E-state index contributed by atoms with van der Waals surface area (Å²) in [7, 11) is -4.38. The average molecular weight is 979 g/mol. The van der Waals surface area contributed by atoms with Crippen LogP contribution in [-0.2, 0) is 35.7 Å². The normalized spacial score (nSPS) is 12.9. The number of carbonyl (C=O) groups excluding carboxylic acids is 2. The highest BCUT2D eigenvalue weighted by Crippen LogP contribution is 2.30. The summed E-state index contributed by atoms with van der Waals surface area (Å²) in [5.74, 6) is 1.16. The van der Waals surface area contributed by atoms with Crippen LogP contribution in [0.2, 0.25) is 0 Å². The first-order valence-corrected chi connectivity index (χ1v) is 24.7. The number of unbranched alkanes of at least 4 members (excludes halogenated alkanes) is 1. The Kier molecular flexibility index (Phi) is 20.7. The molecule has 0 saturated carbocycles. The van der Waals surface area contributed by atoms with Gasteiger partial charge in [0.1, 0.15) is 12.4 Å². The van der Waals surface area contributed by atoms with Crippen molar-refractivity contribution in [1.82, 2.24) is 36.7 Å². The number of nitrogens with zero attached hydrogens (tertiary/aromatic N) is 6. The SMILES string of the molecule is CC(C)(CCCCOc1cc(-c2ccccc2)cc(-c2ccccc2)n1)C1=NNN(CC(=O)NCCCOCCOCCOCCCNC(=O)c2ccc(N=NCc3ccccc3S(=O)(=O)O)nc2)N1. The van der Waals surface area contributed by atoms with Gasteiger partial charge >= 0.3 is 0 Å². The van der Waals surface area contributed by atoms with E-state index >= 15 is 0 Å². The molecule has 3 heterocycles. The van der Waals surface area contributed by atoms with Crippen molar-refractivity contribution in [3.05, 3.63) is 127 Å². The van der Waals surface area contributed by atoms with E-state index in [4.69, 9.17) is 23.9 Å². The fourth-order valence-electron chi connectivity index (χ4n) is 7.03. The van der Waals surface area contributed by atoms with Crippen LogP contribution in [0.4, 0.5) is 5.82 Å². The maximum Gasteiger partial charge on any atom is 0.294 e. The number of amides is 2. The quantitative estimate of drug-likeness (QED) is 0.0178. The Hall–Kier alpha value is -6.68. The minimum absolute atomic E-state index is 0.0779. The molecule has 3 aromatic carbocycles. The van der Waals surface area contributed by atoms with E-state index in [1.54, 1.807) is 17.3 Å². The second-order valence-corrected chi connectivity index (χ2v) is 18.2. The van der Waals surface area contributed by atoms with E-state index in [2.05, 4.69) is 86.1 Å². The van der Waals surface area contributed by atoms with Crippen molar-refractivity contribution in [2.75, 3.05) is 65.9 Å². The zero-order valence-corrected chi connectivity index (χ0v) is 40.4. The molecular weight excluding hydrogens is 917 g/mol. The van der Waals surface area contributed by atoms with Crippen molar-refractivity contribution in [2.24, 2.45) is 20.7 Å². The topological polar surface area (TPSA) is 240 Å². The summed E-state index contributed by atoms with van der Waals surface area (Å²) >= 11 is 0. The minimum Gasteiger partial charge on any atom is -0.478 e. The number of ether oxygens (including phenoxy) is 4. The van der Waals surface area contributed by atoms with Gasteiger partial charge in [0, 0.05) is 49.5 Å². The minimum atomic E-state index is -4.38. The largest absolute Gasteiger partial charge is 0.478 e. The molecule has 0 fully saturated rings. The molecule has 0 spiro atoms. The molecule has 0 bridgehead atoms. The van der Waals surface area contributed by atoms with Crippen LogP contribution in [0.1, 0.15) is 61.9 Å². The molecule has 0 atom stereocenters. The van der Waals surface area contributed by atoms with Crippen LogP contribution in [0.25, 0.3) is 22.4 Å². The number of azo groups is 1. The molecule has 0 radical (unpaired) electrons. The summed E-state index contributed by atoms with van der Waals surface area (Å²) in [6.07, 6.45) is 5.25. The number of carbonyl (C=O) groups is 2. The number of nitrogens with one attached hydrogen (secondary N) is 4. The van der Waals surface area contributed by atoms with Crippen LogP contribution >= 0.6 is 0 Å². The number of pyridine rings is 2. The van der Waals surface area contributed by atoms with Gasteiger partial charge in [0.05, 0.1) is 55.7 Å². The molecule has 2 amide bonds. The molecule has 0 unspecified atom stereocenters. The Morgan fingerprint density at radius 3 is 2.09 bits per heavy atom. The third-order valence-electron chi connectivity index (χ3n) is 10.8. The Labute approximate surface area is 409 Å². The van der Waals surface area contributed by atoms with Gasteiger partial charge < -0.3 is 29.6 Å². The number of hydrogen-bond donors (Lipinski definition) is 5. The van der Waals surface area contributed by atoms with Crippen molar-refractivity contribution < 1.29 is 41.5 Å². The second-order valence-electron chi connectivity index (χ2n) is 16.8. The molecule has 0 saturated heterocycles. The first kappa shape index (κ1) is 52.7. The van der Waals surface area contributed by atoms with Gasteiger partial charge in [0.2, 0.25) is 11.8 Å². The van der Waals surface area contributed by atoms with Gasteiger partial charge in [-0.05, 0) is 73.1 Å². The summed E-state index contributed by atoms with van der Waals surface area (Å²) in [6.45, 7) is 8.24. The van der Waals surface area contributed by atoms with Gasteiger partial charge in [-0.3, -0.25) is 19.6 Å². The van der Waals surface area contributed by atoms with Crippen LogP contribution < -0.4 is 26.3 Å². The molecule has 5 N–H and O–H groups in total. The Balaban J connectivity index is 0.730. The van der Waals surface area contributed by atoms with Gasteiger partial charge in [-0.25, -0.2) is 15.5 Å². The number of rotatable bonds is 30. The summed E-state index contributed by atoms with van der Waals surface area (Å²) in [5, 5.41) is 19.7. The van der Waals surface area contributed by atoms with Gasteiger partial charge in [0.15, 0.2) is 5.82 Å². The van der Waals surface area contributed by atoms with E-state index in [0.717, 1.165) is 47.5 Å².